The van der Waals surface area contributed by atoms with Crippen LogP contribution in [0.5, 0.6) is 0 Å². The molecule has 1 unspecified atom stereocenters. The maximum atomic E-state index is 15.4. The predicted molar refractivity (Wildman–Crippen MR) is 131 cm³/mol. The van der Waals surface area contributed by atoms with Gasteiger partial charge in [-0.15, -0.1) is 0 Å². The van der Waals surface area contributed by atoms with Crippen molar-refractivity contribution in [2.75, 3.05) is 29.9 Å². The lowest BCUT2D eigenvalue weighted by molar-refractivity contribution is 0.168. The second kappa shape index (κ2) is 10.8. The maximum absolute atomic E-state index is 15.4. The molecule has 0 radical (unpaired) electrons. The molecule has 3 aromatic rings. The van der Waals surface area contributed by atoms with Gasteiger partial charge in [0.15, 0.2) is 5.82 Å². The fourth-order valence-corrected chi connectivity index (χ4v) is 3.76. The highest BCUT2D eigenvalue weighted by molar-refractivity contribution is 7.92. The van der Waals surface area contributed by atoms with E-state index < -0.39 is 33.4 Å². The van der Waals surface area contributed by atoms with Gasteiger partial charge in [0, 0.05) is 42.1 Å². The lowest BCUT2D eigenvalue weighted by Gasteiger charge is -2.14. The van der Waals surface area contributed by atoms with E-state index in [0.29, 0.717) is 17.8 Å². The highest BCUT2D eigenvalue weighted by atomic mass is 32.2. The van der Waals surface area contributed by atoms with Crippen LogP contribution in [0.4, 0.5) is 25.2 Å². The summed E-state index contributed by atoms with van der Waals surface area (Å²) in [7, 11) is -2.67. The van der Waals surface area contributed by atoms with Crippen molar-refractivity contribution in [3.8, 4) is 22.5 Å². The van der Waals surface area contributed by atoms with Gasteiger partial charge in [-0.05, 0) is 39.0 Å². The van der Waals surface area contributed by atoms with Crippen molar-refractivity contribution in [2.24, 2.45) is 0 Å². The molecule has 0 bridgehead atoms. The molecule has 1 amide bonds. The van der Waals surface area contributed by atoms with Gasteiger partial charge < -0.3 is 15.4 Å². The summed E-state index contributed by atoms with van der Waals surface area (Å²) in [4.78, 5) is 20.0. The largest absolute Gasteiger partial charge is 0.453 e. The molecule has 11 nitrogen and oxygen atoms in total. The Labute approximate surface area is 207 Å². The molecule has 0 saturated heterocycles. The molecule has 0 aliphatic rings. The minimum Gasteiger partial charge on any atom is -0.453 e. The number of halogens is 2. The van der Waals surface area contributed by atoms with Crippen molar-refractivity contribution in [2.45, 2.75) is 32.9 Å². The van der Waals surface area contributed by atoms with Gasteiger partial charge in [0.25, 0.3) is 0 Å². The summed E-state index contributed by atoms with van der Waals surface area (Å²) in [5.74, 6) is -1.92. The Morgan fingerprint density at radius 1 is 1.17 bits per heavy atom. The van der Waals surface area contributed by atoms with Gasteiger partial charge >= 0.3 is 6.09 Å². The number of nitrogens with zero attached hydrogens (tertiary/aromatic N) is 4. The van der Waals surface area contributed by atoms with Gasteiger partial charge in [0.05, 0.1) is 19.1 Å². The van der Waals surface area contributed by atoms with Crippen LogP contribution in [0.25, 0.3) is 22.5 Å². The van der Waals surface area contributed by atoms with Gasteiger partial charge in [-0.25, -0.2) is 32.0 Å². The number of amides is 1. The first-order valence-corrected chi connectivity index (χ1v) is 12.8. The molecule has 2 heterocycles. The molecule has 0 saturated carbocycles. The second-order valence-corrected chi connectivity index (χ2v) is 10.1. The summed E-state index contributed by atoms with van der Waals surface area (Å²) in [6.07, 6.45) is 3.39. The summed E-state index contributed by atoms with van der Waals surface area (Å²) in [6.45, 7) is 5.81. The monoisotopic (exact) mass is 523 g/mol. The number of carbonyl (C=O) groups is 1. The Morgan fingerprint density at radius 2 is 1.89 bits per heavy atom. The topological polar surface area (TPSA) is 140 Å². The number of methoxy groups -OCH3 is 1. The molecule has 1 aromatic carbocycles. The third kappa shape index (κ3) is 6.44. The summed E-state index contributed by atoms with van der Waals surface area (Å²) in [5, 5.41) is 10.1. The number of nitrogens with one attached hydrogen (secondary N) is 3. The Hall–Kier alpha value is -3.81. The van der Waals surface area contributed by atoms with Gasteiger partial charge in [-0.2, -0.15) is 5.10 Å². The number of hydrogen-bond acceptors (Lipinski definition) is 8. The smallest absolute Gasteiger partial charge is 0.407 e. The van der Waals surface area contributed by atoms with Crippen molar-refractivity contribution < 1.29 is 26.7 Å². The molecular formula is C22H27F2N7O4S. The lowest BCUT2D eigenvalue weighted by Crippen LogP contribution is -2.37. The average molecular weight is 524 g/mol. The number of rotatable bonds is 9. The Morgan fingerprint density at radius 3 is 2.53 bits per heavy atom. The summed E-state index contributed by atoms with van der Waals surface area (Å²) >= 11 is 0. The van der Waals surface area contributed by atoms with E-state index in [4.69, 9.17) is 0 Å². The van der Waals surface area contributed by atoms with E-state index in [2.05, 4.69) is 30.4 Å². The molecule has 1 atom stereocenters. The van der Waals surface area contributed by atoms with Crippen molar-refractivity contribution >= 4 is 27.8 Å². The molecule has 0 spiro atoms. The van der Waals surface area contributed by atoms with Crippen LogP contribution in [0.15, 0.2) is 30.6 Å². The number of sulfonamides is 1. The Balaban J connectivity index is 2.02. The van der Waals surface area contributed by atoms with E-state index >= 15 is 4.39 Å². The molecule has 194 valence electrons. The van der Waals surface area contributed by atoms with Crippen LogP contribution in [0.3, 0.4) is 0 Å². The minimum atomic E-state index is -3.94. The van der Waals surface area contributed by atoms with Crippen LogP contribution in [-0.2, 0) is 14.8 Å². The summed E-state index contributed by atoms with van der Waals surface area (Å²) in [6, 6.07) is 3.36. The molecule has 0 aliphatic heterocycles. The van der Waals surface area contributed by atoms with Crippen LogP contribution in [-0.4, -0.2) is 60.2 Å². The van der Waals surface area contributed by atoms with Crippen LogP contribution in [0.2, 0.25) is 0 Å². The Bertz CT molecular complexity index is 1360. The number of hydrogen-bond donors (Lipinski definition) is 3. The van der Waals surface area contributed by atoms with E-state index in [1.165, 1.54) is 19.4 Å². The number of alkyl carbamates (subject to hydrolysis) is 1. The number of aromatic nitrogens is 4. The highest BCUT2D eigenvalue weighted by Crippen LogP contribution is 2.36. The Kier molecular flexibility index (Phi) is 8.07. The zero-order valence-corrected chi connectivity index (χ0v) is 21.2. The fourth-order valence-electron chi connectivity index (χ4n) is 3.21. The molecule has 14 heteroatoms. The quantitative estimate of drug-likeness (QED) is 0.388. The zero-order chi connectivity index (χ0) is 26.6. The van der Waals surface area contributed by atoms with Gasteiger partial charge in [-0.3, -0.25) is 9.40 Å². The first-order valence-electron chi connectivity index (χ1n) is 10.9. The van der Waals surface area contributed by atoms with Gasteiger partial charge in [0.1, 0.15) is 17.2 Å². The van der Waals surface area contributed by atoms with Crippen LogP contribution >= 0.6 is 0 Å². The highest BCUT2D eigenvalue weighted by Gasteiger charge is 2.23. The van der Waals surface area contributed by atoms with Crippen molar-refractivity contribution in [1.82, 2.24) is 25.1 Å². The number of anilines is 2. The molecule has 0 aliphatic carbocycles. The third-order valence-electron chi connectivity index (χ3n) is 4.94. The molecule has 2 aromatic heterocycles. The van der Waals surface area contributed by atoms with E-state index in [1.807, 2.05) is 18.6 Å². The SMILES string of the molecule is COC(=O)NC(C)CNc1nccc(-c2cn(C(C)C)nc2-c2ccc(F)c(NS(C)(=O)=O)c2F)n1. The summed E-state index contributed by atoms with van der Waals surface area (Å²) < 4.78 is 61.0. The number of ether oxygens (including phenoxy) is 1. The lowest BCUT2D eigenvalue weighted by atomic mass is 10.0. The van der Waals surface area contributed by atoms with Crippen molar-refractivity contribution in [3.63, 3.8) is 0 Å². The molecule has 3 N–H and O–H groups in total. The van der Waals surface area contributed by atoms with E-state index in [0.717, 1.165) is 12.3 Å². The molecule has 0 fully saturated rings. The van der Waals surface area contributed by atoms with Crippen LogP contribution < -0.4 is 15.4 Å². The van der Waals surface area contributed by atoms with Crippen molar-refractivity contribution in [1.29, 1.82) is 0 Å². The van der Waals surface area contributed by atoms with Crippen LogP contribution in [0.1, 0.15) is 26.8 Å². The first kappa shape index (κ1) is 26.8. The van der Waals surface area contributed by atoms with Gasteiger partial charge in [-0.1, -0.05) is 0 Å². The number of benzene rings is 1. The molecule has 3 rings (SSSR count). The third-order valence-corrected chi connectivity index (χ3v) is 5.52. The summed E-state index contributed by atoms with van der Waals surface area (Å²) in [5.41, 5.74) is 0.0521. The zero-order valence-electron chi connectivity index (χ0n) is 20.3. The average Bonchev–Trinajstić information content (AvgIpc) is 3.25. The van der Waals surface area contributed by atoms with E-state index in [-0.39, 0.29) is 29.3 Å². The van der Waals surface area contributed by atoms with Gasteiger partial charge in [0.2, 0.25) is 16.0 Å². The minimum absolute atomic E-state index is 0.0979. The molecular weight excluding hydrogens is 496 g/mol. The van der Waals surface area contributed by atoms with E-state index in [9.17, 15) is 17.6 Å². The second-order valence-electron chi connectivity index (χ2n) is 8.31. The van der Waals surface area contributed by atoms with Crippen LogP contribution in [0, 0.1) is 11.6 Å². The maximum Gasteiger partial charge on any atom is 0.407 e. The first-order chi connectivity index (χ1) is 16.9. The standard InChI is InChI=1S/C22H27F2N7O4S/c1-12(2)31-11-15(17-8-9-25-21(28-17)26-10-13(3)27-22(32)35-4)19(29-31)14-6-7-16(23)20(18(14)24)30-36(5,33)34/h6-9,11-13,30H,10H2,1-5H3,(H,27,32)(H,25,26,28). The molecule has 36 heavy (non-hydrogen) atoms. The number of carbonyl (C=O) groups excluding carboxylic acids is 1. The normalized spacial score (nSPS) is 12.3. The fraction of sp³-hybridized carbons (Fsp3) is 0.364. The van der Waals surface area contributed by atoms with Crippen molar-refractivity contribution in [3.05, 3.63) is 42.2 Å². The van der Waals surface area contributed by atoms with E-state index in [1.54, 1.807) is 23.9 Å². The predicted octanol–water partition coefficient (Wildman–Crippen LogP) is 3.39.